The van der Waals surface area contributed by atoms with Crippen molar-refractivity contribution in [2.45, 2.75) is 31.0 Å². The molecule has 0 atom stereocenters. The van der Waals surface area contributed by atoms with Gasteiger partial charge >= 0.3 is 0 Å². The van der Waals surface area contributed by atoms with Crippen molar-refractivity contribution in [2.75, 3.05) is 5.32 Å². The molecule has 5 heteroatoms. The maximum absolute atomic E-state index is 12.1. The summed E-state index contributed by atoms with van der Waals surface area (Å²) in [7, 11) is 0. The molecule has 0 saturated heterocycles. The SMILES string of the molecule is CCC(Br)(CC)C(=O)Nc1cc(Cl)cc(Cl)c1. The van der Waals surface area contributed by atoms with E-state index in [2.05, 4.69) is 21.2 Å². The molecule has 0 unspecified atom stereocenters. The van der Waals surface area contributed by atoms with E-state index in [0.29, 0.717) is 28.6 Å². The van der Waals surface area contributed by atoms with Crippen LogP contribution in [0, 0.1) is 0 Å². The first-order valence-corrected chi connectivity index (χ1v) is 6.92. The molecule has 17 heavy (non-hydrogen) atoms. The minimum atomic E-state index is -0.540. The van der Waals surface area contributed by atoms with Gasteiger partial charge in [-0.2, -0.15) is 0 Å². The van der Waals surface area contributed by atoms with E-state index in [1.807, 2.05) is 13.8 Å². The summed E-state index contributed by atoms with van der Waals surface area (Å²) < 4.78 is -0.540. The molecule has 0 radical (unpaired) electrons. The van der Waals surface area contributed by atoms with Gasteiger partial charge in [0.05, 0.1) is 0 Å². The second kappa shape index (κ2) is 6.07. The lowest BCUT2D eigenvalue weighted by molar-refractivity contribution is -0.118. The molecule has 1 aromatic carbocycles. The van der Waals surface area contributed by atoms with Crippen molar-refractivity contribution in [3.63, 3.8) is 0 Å². The zero-order valence-electron chi connectivity index (χ0n) is 9.69. The number of anilines is 1. The fourth-order valence-electron chi connectivity index (χ4n) is 1.44. The van der Waals surface area contributed by atoms with Crippen molar-refractivity contribution in [1.29, 1.82) is 0 Å². The van der Waals surface area contributed by atoms with E-state index in [1.54, 1.807) is 18.2 Å². The van der Waals surface area contributed by atoms with Gasteiger partial charge in [0.25, 0.3) is 0 Å². The van der Waals surface area contributed by atoms with Gasteiger partial charge in [0, 0.05) is 15.7 Å². The first kappa shape index (κ1) is 14.8. The van der Waals surface area contributed by atoms with E-state index in [-0.39, 0.29) is 5.91 Å². The Morgan fingerprint density at radius 3 is 2.12 bits per heavy atom. The quantitative estimate of drug-likeness (QED) is 0.778. The third-order valence-electron chi connectivity index (χ3n) is 2.65. The molecule has 0 fully saturated rings. The lowest BCUT2D eigenvalue weighted by Gasteiger charge is -2.23. The third kappa shape index (κ3) is 3.87. The number of benzene rings is 1. The Morgan fingerprint density at radius 1 is 1.24 bits per heavy atom. The fourth-order valence-corrected chi connectivity index (χ4v) is 2.07. The summed E-state index contributed by atoms with van der Waals surface area (Å²) in [6.45, 7) is 3.92. The molecule has 94 valence electrons. The van der Waals surface area contributed by atoms with Crippen LogP contribution in [-0.2, 0) is 4.79 Å². The van der Waals surface area contributed by atoms with Gasteiger partial charge in [-0.15, -0.1) is 0 Å². The van der Waals surface area contributed by atoms with E-state index >= 15 is 0 Å². The minimum absolute atomic E-state index is 0.0826. The fraction of sp³-hybridized carbons (Fsp3) is 0.417. The highest BCUT2D eigenvalue weighted by atomic mass is 79.9. The van der Waals surface area contributed by atoms with Crippen LogP contribution >= 0.6 is 39.1 Å². The Hall–Kier alpha value is -0.250. The molecule has 2 nitrogen and oxygen atoms in total. The number of carbonyl (C=O) groups excluding carboxylic acids is 1. The standard InChI is InChI=1S/C12H14BrCl2NO/c1-3-12(13,4-2)11(17)16-10-6-8(14)5-9(15)7-10/h5-7H,3-4H2,1-2H3,(H,16,17). The first-order valence-electron chi connectivity index (χ1n) is 5.37. The maximum Gasteiger partial charge on any atom is 0.241 e. The monoisotopic (exact) mass is 337 g/mol. The molecule has 0 saturated carbocycles. The van der Waals surface area contributed by atoms with E-state index in [9.17, 15) is 4.79 Å². The smallest absolute Gasteiger partial charge is 0.241 e. The number of rotatable bonds is 4. The van der Waals surface area contributed by atoms with Gasteiger partial charge in [0.1, 0.15) is 4.32 Å². The van der Waals surface area contributed by atoms with E-state index in [4.69, 9.17) is 23.2 Å². The van der Waals surface area contributed by atoms with Crippen LogP contribution in [0.1, 0.15) is 26.7 Å². The molecule has 0 bridgehead atoms. The Bertz CT molecular complexity index is 399. The Balaban J connectivity index is 2.87. The lowest BCUT2D eigenvalue weighted by Crippen LogP contribution is -2.36. The normalized spacial score (nSPS) is 11.4. The molecular formula is C12H14BrCl2NO. The zero-order chi connectivity index (χ0) is 13.1. The minimum Gasteiger partial charge on any atom is -0.325 e. The number of hydrogen-bond acceptors (Lipinski definition) is 1. The van der Waals surface area contributed by atoms with Crippen molar-refractivity contribution in [3.8, 4) is 0 Å². The molecule has 0 aromatic heterocycles. The Labute approximate surface area is 120 Å². The summed E-state index contributed by atoms with van der Waals surface area (Å²) >= 11 is 15.2. The largest absolute Gasteiger partial charge is 0.325 e. The molecule has 0 heterocycles. The van der Waals surface area contributed by atoms with E-state index < -0.39 is 4.32 Å². The summed E-state index contributed by atoms with van der Waals surface area (Å²) in [6.07, 6.45) is 1.42. The van der Waals surface area contributed by atoms with Crippen LogP contribution in [0.4, 0.5) is 5.69 Å². The van der Waals surface area contributed by atoms with Gasteiger partial charge in [-0.05, 0) is 31.0 Å². The average molecular weight is 339 g/mol. The van der Waals surface area contributed by atoms with Crippen LogP contribution in [0.2, 0.25) is 10.0 Å². The van der Waals surface area contributed by atoms with Crippen LogP contribution in [0.15, 0.2) is 18.2 Å². The highest BCUT2D eigenvalue weighted by Crippen LogP contribution is 2.29. The number of halogens is 3. The van der Waals surface area contributed by atoms with Crippen molar-refractivity contribution in [2.24, 2.45) is 0 Å². The maximum atomic E-state index is 12.1. The summed E-state index contributed by atoms with van der Waals surface area (Å²) in [4.78, 5) is 12.1. The Kier molecular flexibility index (Phi) is 5.29. The molecule has 0 aliphatic carbocycles. The topological polar surface area (TPSA) is 29.1 Å². The molecule has 1 aromatic rings. The van der Waals surface area contributed by atoms with Gasteiger partial charge in [-0.3, -0.25) is 4.79 Å². The molecule has 0 spiro atoms. The summed E-state index contributed by atoms with van der Waals surface area (Å²) in [5, 5.41) is 3.81. The predicted octanol–water partition coefficient (Wildman–Crippen LogP) is 4.89. The van der Waals surface area contributed by atoms with Crippen molar-refractivity contribution in [1.82, 2.24) is 0 Å². The van der Waals surface area contributed by atoms with Gasteiger partial charge in [0.2, 0.25) is 5.91 Å². The number of hydrogen-bond donors (Lipinski definition) is 1. The van der Waals surface area contributed by atoms with Crippen LogP contribution < -0.4 is 5.32 Å². The van der Waals surface area contributed by atoms with Crippen molar-refractivity contribution >= 4 is 50.7 Å². The predicted molar refractivity (Wildman–Crippen MR) is 77.3 cm³/mol. The molecule has 0 aliphatic rings. The number of alkyl halides is 1. The number of nitrogens with one attached hydrogen (secondary N) is 1. The second-order valence-corrected chi connectivity index (χ2v) is 6.18. The van der Waals surface area contributed by atoms with Crippen molar-refractivity contribution in [3.05, 3.63) is 28.2 Å². The first-order chi connectivity index (χ1) is 7.91. The number of carbonyl (C=O) groups is 1. The molecule has 0 aliphatic heterocycles. The highest BCUT2D eigenvalue weighted by molar-refractivity contribution is 9.10. The molecule has 1 rings (SSSR count). The summed E-state index contributed by atoms with van der Waals surface area (Å²) in [5.41, 5.74) is 0.609. The number of amides is 1. The van der Waals surface area contributed by atoms with Crippen LogP contribution in [0.5, 0.6) is 0 Å². The zero-order valence-corrected chi connectivity index (χ0v) is 12.8. The lowest BCUT2D eigenvalue weighted by atomic mass is 10.0. The van der Waals surface area contributed by atoms with Gasteiger partial charge in [-0.1, -0.05) is 53.0 Å². The van der Waals surface area contributed by atoms with Gasteiger partial charge in [-0.25, -0.2) is 0 Å². The Morgan fingerprint density at radius 2 is 1.71 bits per heavy atom. The summed E-state index contributed by atoms with van der Waals surface area (Å²) in [6, 6.07) is 4.97. The van der Waals surface area contributed by atoms with Crippen LogP contribution in [0.25, 0.3) is 0 Å². The van der Waals surface area contributed by atoms with Crippen molar-refractivity contribution < 1.29 is 4.79 Å². The second-order valence-electron chi connectivity index (χ2n) is 3.78. The molecular weight excluding hydrogens is 325 g/mol. The molecule has 1 amide bonds. The van der Waals surface area contributed by atoms with E-state index in [0.717, 1.165) is 0 Å². The van der Waals surface area contributed by atoms with Crippen LogP contribution in [-0.4, -0.2) is 10.2 Å². The molecule has 1 N–H and O–H groups in total. The highest BCUT2D eigenvalue weighted by Gasteiger charge is 2.31. The van der Waals surface area contributed by atoms with E-state index in [1.165, 1.54) is 0 Å². The average Bonchev–Trinajstić information content (AvgIpc) is 2.26. The third-order valence-corrected chi connectivity index (χ3v) is 4.57. The summed E-state index contributed by atoms with van der Waals surface area (Å²) in [5.74, 6) is -0.0826. The van der Waals surface area contributed by atoms with Crippen LogP contribution in [0.3, 0.4) is 0 Å². The van der Waals surface area contributed by atoms with Gasteiger partial charge in [0.15, 0.2) is 0 Å². The van der Waals surface area contributed by atoms with Gasteiger partial charge < -0.3 is 5.32 Å².